The van der Waals surface area contributed by atoms with Crippen molar-refractivity contribution in [3.05, 3.63) is 0 Å². The van der Waals surface area contributed by atoms with Crippen molar-refractivity contribution in [2.24, 2.45) is 10.4 Å². The van der Waals surface area contributed by atoms with E-state index in [1.165, 1.54) is 19.3 Å². The SMILES string of the molecule is CCC1(CNC(=NC)NCCCCC(F)(F)F)CCC1.I. The van der Waals surface area contributed by atoms with Crippen molar-refractivity contribution in [1.29, 1.82) is 0 Å². The van der Waals surface area contributed by atoms with Crippen LogP contribution in [0.5, 0.6) is 0 Å². The first-order valence-electron chi connectivity index (χ1n) is 7.42. The fraction of sp³-hybridized carbons (Fsp3) is 0.929. The van der Waals surface area contributed by atoms with E-state index in [9.17, 15) is 13.2 Å². The average Bonchev–Trinajstić information content (AvgIpc) is 2.33. The minimum Gasteiger partial charge on any atom is -0.356 e. The van der Waals surface area contributed by atoms with Crippen molar-refractivity contribution >= 4 is 29.9 Å². The summed E-state index contributed by atoms with van der Waals surface area (Å²) in [6.45, 7) is 3.62. The van der Waals surface area contributed by atoms with E-state index in [1.54, 1.807) is 7.05 Å². The number of guanidine groups is 1. The standard InChI is InChI=1S/C14H26F3N3.HI/c1-3-13(7-6-8-13)11-20-12(18-2)19-10-5-4-9-14(15,16)17;/h3-11H2,1-2H3,(H2,18,19,20);1H. The maximum atomic E-state index is 12.0. The van der Waals surface area contributed by atoms with Crippen molar-refractivity contribution in [2.45, 2.75) is 58.0 Å². The van der Waals surface area contributed by atoms with E-state index in [4.69, 9.17) is 0 Å². The van der Waals surface area contributed by atoms with Crippen molar-refractivity contribution in [3.63, 3.8) is 0 Å². The second-order valence-corrected chi connectivity index (χ2v) is 5.63. The van der Waals surface area contributed by atoms with Gasteiger partial charge in [0.05, 0.1) is 0 Å². The lowest BCUT2D eigenvalue weighted by Gasteiger charge is -2.41. The fourth-order valence-corrected chi connectivity index (χ4v) is 2.48. The highest BCUT2D eigenvalue weighted by molar-refractivity contribution is 14.0. The molecule has 126 valence electrons. The van der Waals surface area contributed by atoms with Gasteiger partial charge in [0.25, 0.3) is 0 Å². The third-order valence-corrected chi connectivity index (χ3v) is 4.20. The first-order valence-corrected chi connectivity index (χ1v) is 7.42. The molecule has 1 aliphatic carbocycles. The summed E-state index contributed by atoms with van der Waals surface area (Å²) < 4.78 is 36.0. The molecule has 0 aromatic rings. The van der Waals surface area contributed by atoms with E-state index in [-0.39, 0.29) is 30.4 Å². The van der Waals surface area contributed by atoms with Crippen LogP contribution >= 0.6 is 24.0 Å². The van der Waals surface area contributed by atoms with E-state index in [0.29, 0.717) is 24.3 Å². The molecule has 1 fully saturated rings. The molecule has 0 aromatic carbocycles. The molecule has 0 spiro atoms. The quantitative estimate of drug-likeness (QED) is 0.281. The molecule has 0 amide bonds. The van der Waals surface area contributed by atoms with E-state index in [1.807, 2.05) is 0 Å². The molecule has 0 unspecified atom stereocenters. The van der Waals surface area contributed by atoms with Crippen LogP contribution in [0.25, 0.3) is 0 Å². The monoisotopic (exact) mass is 421 g/mol. The molecule has 1 aliphatic rings. The van der Waals surface area contributed by atoms with Crippen LogP contribution in [0.4, 0.5) is 13.2 Å². The lowest BCUT2D eigenvalue weighted by atomic mass is 9.67. The van der Waals surface area contributed by atoms with Crippen LogP contribution in [0.2, 0.25) is 0 Å². The maximum absolute atomic E-state index is 12.0. The van der Waals surface area contributed by atoms with Gasteiger partial charge in [-0.3, -0.25) is 4.99 Å². The Morgan fingerprint density at radius 3 is 2.29 bits per heavy atom. The van der Waals surface area contributed by atoms with Crippen molar-refractivity contribution in [1.82, 2.24) is 10.6 Å². The van der Waals surface area contributed by atoms with Crippen molar-refractivity contribution < 1.29 is 13.2 Å². The van der Waals surface area contributed by atoms with E-state index < -0.39 is 12.6 Å². The Bertz CT molecular complexity index is 310. The molecule has 0 saturated heterocycles. The van der Waals surface area contributed by atoms with E-state index in [2.05, 4.69) is 22.5 Å². The zero-order valence-corrected chi connectivity index (χ0v) is 15.2. The Labute approximate surface area is 142 Å². The highest BCUT2D eigenvalue weighted by Crippen LogP contribution is 2.42. The van der Waals surface area contributed by atoms with Crippen LogP contribution in [0, 0.1) is 5.41 Å². The maximum Gasteiger partial charge on any atom is 0.389 e. The molecule has 1 saturated carbocycles. The first-order chi connectivity index (χ1) is 9.41. The highest BCUT2D eigenvalue weighted by atomic mass is 127. The highest BCUT2D eigenvalue weighted by Gasteiger charge is 2.34. The van der Waals surface area contributed by atoms with Crippen LogP contribution in [0.3, 0.4) is 0 Å². The number of alkyl halides is 3. The van der Waals surface area contributed by atoms with E-state index in [0.717, 1.165) is 13.0 Å². The lowest BCUT2D eigenvalue weighted by Crippen LogP contribution is -2.46. The first kappa shape index (κ1) is 20.8. The van der Waals surface area contributed by atoms with Gasteiger partial charge in [-0.15, -0.1) is 24.0 Å². The minimum absolute atomic E-state index is 0. The van der Waals surface area contributed by atoms with Gasteiger partial charge in [-0.2, -0.15) is 13.2 Å². The van der Waals surface area contributed by atoms with Crippen molar-refractivity contribution in [2.75, 3.05) is 20.1 Å². The number of hydrogen-bond acceptors (Lipinski definition) is 1. The molecule has 0 heterocycles. The summed E-state index contributed by atoms with van der Waals surface area (Å²) in [4.78, 5) is 4.10. The summed E-state index contributed by atoms with van der Waals surface area (Å²) >= 11 is 0. The van der Waals surface area contributed by atoms with Gasteiger partial charge in [-0.05, 0) is 37.5 Å². The number of nitrogens with zero attached hydrogens (tertiary/aromatic N) is 1. The summed E-state index contributed by atoms with van der Waals surface area (Å²) in [5.41, 5.74) is 0.397. The molecule has 3 nitrogen and oxygen atoms in total. The van der Waals surface area contributed by atoms with Gasteiger partial charge in [0, 0.05) is 26.6 Å². The van der Waals surface area contributed by atoms with Crippen LogP contribution in [-0.4, -0.2) is 32.3 Å². The normalized spacial score (nSPS) is 17.7. The Hall–Kier alpha value is -0.210. The second kappa shape index (κ2) is 9.74. The second-order valence-electron chi connectivity index (χ2n) is 5.63. The molecule has 2 N–H and O–H groups in total. The zero-order chi connectivity index (χ0) is 15.1. The van der Waals surface area contributed by atoms with Gasteiger partial charge in [-0.1, -0.05) is 13.3 Å². The predicted octanol–water partition coefficient (Wildman–Crippen LogP) is 4.08. The van der Waals surface area contributed by atoms with Gasteiger partial charge in [0.1, 0.15) is 0 Å². The van der Waals surface area contributed by atoms with Crippen LogP contribution in [0.1, 0.15) is 51.9 Å². The number of hydrogen-bond donors (Lipinski definition) is 2. The lowest BCUT2D eigenvalue weighted by molar-refractivity contribution is -0.135. The molecule has 0 atom stereocenters. The third-order valence-electron chi connectivity index (χ3n) is 4.20. The molecule has 21 heavy (non-hydrogen) atoms. The fourth-order valence-electron chi connectivity index (χ4n) is 2.48. The summed E-state index contributed by atoms with van der Waals surface area (Å²) in [6.07, 6.45) is 0.850. The molecular formula is C14H27F3IN3. The Kier molecular flexibility index (Phi) is 9.64. The Morgan fingerprint density at radius 1 is 1.19 bits per heavy atom. The summed E-state index contributed by atoms with van der Waals surface area (Å²) in [7, 11) is 1.68. The predicted molar refractivity (Wildman–Crippen MR) is 91.3 cm³/mol. The topological polar surface area (TPSA) is 36.4 Å². The average molecular weight is 421 g/mol. The number of halogens is 4. The van der Waals surface area contributed by atoms with E-state index >= 15 is 0 Å². The third kappa shape index (κ3) is 8.11. The largest absolute Gasteiger partial charge is 0.389 e. The van der Waals surface area contributed by atoms with Gasteiger partial charge in [0.2, 0.25) is 0 Å². The number of aliphatic imine (C=N–C) groups is 1. The van der Waals surface area contributed by atoms with Gasteiger partial charge >= 0.3 is 6.18 Å². The molecule has 7 heteroatoms. The summed E-state index contributed by atoms with van der Waals surface area (Å²) in [6, 6.07) is 0. The van der Waals surface area contributed by atoms with Crippen molar-refractivity contribution in [3.8, 4) is 0 Å². The van der Waals surface area contributed by atoms with Crippen LogP contribution < -0.4 is 10.6 Å². The Morgan fingerprint density at radius 2 is 1.86 bits per heavy atom. The van der Waals surface area contributed by atoms with Gasteiger partial charge in [0.15, 0.2) is 5.96 Å². The number of unbranched alkanes of at least 4 members (excludes halogenated alkanes) is 1. The summed E-state index contributed by atoms with van der Waals surface area (Å²) in [5.74, 6) is 0.691. The molecule has 0 aliphatic heterocycles. The number of rotatable bonds is 7. The molecule has 0 radical (unpaired) electrons. The van der Waals surface area contributed by atoms with Crippen LogP contribution in [-0.2, 0) is 0 Å². The molecule has 0 bridgehead atoms. The Balaban J connectivity index is 0.00000400. The van der Waals surface area contributed by atoms with Gasteiger partial charge in [-0.25, -0.2) is 0 Å². The smallest absolute Gasteiger partial charge is 0.356 e. The number of nitrogens with one attached hydrogen (secondary N) is 2. The minimum atomic E-state index is -4.04. The van der Waals surface area contributed by atoms with Gasteiger partial charge < -0.3 is 10.6 Å². The van der Waals surface area contributed by atoms with Crippen LogP contribution in [0.15, 0.2) is 4.99 Å². The summed E-state index contributed by atoms with van der Waals surface area (Å²) in [5, 5.41) is 6.36. The zero-order valence-electron chi connectivity index (χ0n) is 12.9. The molecule has 1 rings (SSSR count). The molecule has 0 aromatic heterocycles. The molecular weight excluding hydrogens is 394 g/mol.